The van der Waals surface area contributed by atoms with E-state index in [-0.39, 0.29) is 24.7 Å². The Morgan fingerprint density at radius 1 is 1.17 bits per heavy atom. The summed E-state index contributed by atoms with van der Waals surface area (Å²) in [5.41, 5.74) is 0.197. The Kier molecular flexibility index (Phi) is 4.73. The Balaban J connectivity index is 1.81. The van der Waals surface area contributed by atoms with Gasteiger partial charge in [0.25, 0.3) is 5.56 Å². The maximum absolute atomic E-state index is 12.0. The molecule has 0 amide bonds. The fourth-order valence-electron chi connectivity index (χ4n) is 3.22. The van der Waals surface area contributed by atoms with E-state index in [1.165, 1.54) is 16.8 Å². The van der Waals surface area contributed by atoms with Crippen molar-refractivity contribution >= 4 is 0 Å². The monoisotopic (exact) mass is 316 g/mol. The lowest BCUT2D eigenvalue weighted by atomic mass is 10.1. The molecule has 3 rings (SSSR count). The second-order valence-corrected chi connectivity index (χ2v) is 5.87. The molecule has 122 valence electrons. The van der Waals surface area contributed by atoms with Gasteiger partial charge in [0.1, 0.15) is 0 Å². The van der Waals surface area contributed by atoms with E-state index in [4.69, 9.17) is 4.74 Å². The lowest BCUT2D eigenvalue weighted by Gasteiger charge is -2.25. The average molecular weight is 316 g/mol. The summed E-state index contributed by atoms with van der Waals surface area (Å²) in [7, 11) is 0. The van der Waals surface area contributed by atoms with Crippen LogP contribution < -0.4 is 11.2 Å². The van der Waals surface area contributed by atoms with Crippen LogP contribution in [0.5, 0.6) is 0 Å². The summed E-state index contributed by atoms with van der Waals surface area (Å²) in [5, 5.41) is 9.59. The van der Waals surface area contributed by atoms with Gasteiger partial charge < -0.3 is 9.84 Å². The van der Waals surface area contributed by atoms with Gasteiger partial charge in [0.2, 0.25) is 0 Å². The first-order chi connectivity index (χ1) is 11.2. The number of rotatable bonds is 5. The van der Waals surface area contributed by atoms with E-state index in [1.807, 2.05) is 30.3 Å². The van der Waals surface area contributed by atoms with Gasteiger partial charge in [-0.25, -0.2) is 4.79 Å². The summed E-state index contributed by atoms with van der Waals surface area (Å²) in [5.74, 6) is -0.0115. The summed E-state index contributed by atoms with van der Waals surface area (Å²) in [4.78, 5) is 25.5. The molecule has 2 N–H and O–H groups in total. The summed E-state index contributed by atoms with van der Waals surface area (Å²) in [6, 6.07) is 10.9. The highest BCUT2D eigenvalue weighted by Crippen LogP contribution is 2.36. The van der Waals surface area contributed by atoms with Gasteiger partial charge in [-0.05, 0) is 18.4 Å². The van der Waals surface area contributed by atoms with E-state index in [1.54, 1.807) is 0 Å². The van der Waals surface area contributed by atoms with Crippen LogP contribution >= 0.6 is 0 Å². The van der Waals surface area contributed by atoms with Gasteiger partial charge >= 0.3 is 5.69 Å². The van der Waals surface area contributed by atoms with Crippen molar-refractivity contribution in [1.82, 2.24) is 9.55 Å². The Morgan fingerprint density at radius 3 is 2.65 bits per heavy atom. The predicted molar refractivity (Wildman–Crippen MR) is 85.2 cm³/mol. The van der Waals surface area contributed by atoms with Crippen molar-refractivity contribution in [3.05, 3.63) is 69.0 Å². The molecule has 3 atom stereocenters. The number of aliphatic hydroxyl groups excluding tert-OH is 1. The van der Waals surface area contributed by atoms with Crippen LogP contribution in [0.1, 0.15) is 24.4 Å². The molecule has 1 saturated carbocycles. The number of aliphatic hydroxyl groups is 1. The van der Waals surface area contributed by atoms with E-state index in [0.717, 1.165) is 18.4 Å². The van der Waals surface area contributed by atoms with Gasteiger partial charge in [0.15, 0.2) is 0 Å². The Morgan fingerprint density at radius 2 is 1.96 bits per heavy atom. The zero-order valence-corrected chi connectivity index (χ0v) is 12.7. The molecule has 6 nitrogen and oxygen atoms in total. The number of nitrogens with one attached hydrogen (secondary N) is 1. The van der Waals surface area contributed by atoms with E-state index < -0.39 is 11.2 Å². The minimum atomic E-state index is -0.436. The van der Waals surface area contributed by atoms with Gasteiger partial charge in [0, 0.05) is 24.8 Å². The first-order valence-corrected chi connectivity index (χ1v) is 7.77. The molecule has 1 aliphatic rings. The Hall–Kier alpha value is -2.18. The number of nitrogens with zero attached hydrogens (tertiary/aromatic N) is 1. The molecule has 0 aliphatic heterocycles. The fourth-order valence-corrected chi connectivity index (χ4v) is 3.22. The van der Waals surface area contributed by atoms with Crippen LogP contribution in [0.25, 0.3) is 0 Å². The largest absolute Gasteiger partial charge is 0.396 e. The molecule has 0 saturated heterocycles. The first kappa shape index (κ1) is 15.7. The molecule has 1 heterocycles. The normalized spacial score (nSPS) is 24.0. The topological polar surface area (TPSA) is 84.3 Å². The molecule has 1 aromatic carbocycles. The van der Waals surface area contributed by atoms with Gasteiger partial charge in [0.05, 0.1) is 18.8 Å². The van der Waals surface area contributed by atoms with Crippen molar-refractivity contribution in [1.29, 1.82) is 0 Å². The lowest BCUT2D eigenvalue weighted by molar-refractivity contribution is -0.0221. The van der Waals surface area contributed by atoms with Crippen LogP contribution in [0.4, 0.5) is 0 Å². The lowest BCUT2D eigenvalue weighted by Crippen LogP contribution is -2.37. The molecule has 0 unspecified atom stereocenters. The quantitative estimate of drug-likeness (QED) is 0.864. The third-order valence-electron chi connectivity index (χ3n) is 4.41. The van der Waals surface area contributed by atoms with Crippen molar-refractivity contribution in [2.45, 2.75) is 31.6 Å². The summed E-state index contributed by atoms with van der Waals surface area (Å²) < 4.78 is 7.54. The highest BCUT2D eigenvalue weighted by Gasteiger charge is 2.38. The van der Waals surface area contributed by atoms with Gasteiger partial charge in [-0.1, -0.05) is 30.3 Å². The molecule has 0 spiro atoms. The van der Waals surface area contributed by atoms with Crippen LogP contribution in [0.2, 0.25) is 0 Å². The number of hydrogen-bond acceptors (Lipinski definition) is 4. The van der Waals surface area contributed by atoms with Gasteiger partial charge in [-0.15, -0.1) is 0 Å². The molecular formula is C17H20N2O4. The molecule has 2 aromatic rings. The summed E-state index contributed by atoms with van der Waals surface area (Å²) in [6.07, 6.45) is 2.76. The standard InChI is InChI=1S/C17H20N2O4/c20-10-13-6-7-14(19-9-8-15(21)18-17(19)22)16(13)23-11-12-4-2-1-3-5-12/h1-5,8-9,13-14,16,20H,6-7,10-11H2,(H,18,21,22)/t13-,14-,16-/m1/s1. The number of H-pyrrole nitrogens is 1. The molecule has 1 fully saturated rings. The number of hydrogen-bond donors (Lipinski definition) is 2. The number of aromatic nitrogens is 2. The summed E-state index contributed by atoms with van der Waals surface area (Å²) >= 11 is 0. The third kappa shape index (κ3) is 3.43. The second kappa shape index (κ2) is 6.93. The van der Waals surface area contributed by atoms with Crippen LogP contribution in [0, 0.1) is 5.92 Å². The molecule has 0 radical (unpaired) electrons. The molecule has 0 bridgehead atoms. The molecule has 6 heteroatoms. The van der Waals surface area contributed by atoms with Crippen molar-refractivity contribution in [3.8, 4) is 0 Å². The second-order valence-electron chi connectivity index (χ2n) is 5.87. The van der Waals surface area contributed by atoms with E-state index in [2.05, 4.69) is 4.98 Å². The van der Waals surface area contributed by atoms with E-state index in [0.29, 0.717) is 6.61 Å². The van der Waals surface area contributed by atoms with Crippen LogP contribution in [-0.2, 0) is 11.3 Å². The molecular weight excluding hydrogens is 296 g/mol. The highest BCUT2D eigenvalue weighted by atomic mass is 16.5. The van der Waals surface area contributed by atoms with Crippen molar-refractivity contribution in [2.24, 2.45) is 5.92 Å². The van der Waals surface area contributed by atoms with Crippen LogP contribution in [-0.4, -0.2) is 27.4 Å². The SMILES string of the molecule is O=c1ccn([C@@H]2CC[C@H](CO)[C@H]2OCc2ccccc2)c(=O)[nH]1. The van der Waals surface area contributed by atoms with E-state index >= 15 is 0 Å². The van der Waals surface area contributed by atoms with Crippen molar-refractivity contribution in [2.75, 3.05) is 6.61 Å². The zero-order valence-electron chi connectivity index (χ0n) is 12.7. The fraction of sp³-hybridized carbons (Fsp3) is 0.412. The van der Waals surface area contributed by atoms with Crippen LogP contribution in [0.3, 0.4) is 0 Å². The zero-order chi connectivity index (χ0) is 16.2. The van der Waals surface area contributed by atoms with Crippen LogP contribution in [0.15, 0.2) is 52.2 Å². The molecule has 1 aromatic heterocycles. The molecule has 1 aliphatic carbocycles. The molecule has 23 heavy (non-hydrogen) atoms. The first-order valence-electron chi connectivity index (χ1n) is 7.77. The minimum Gasteiger partial charge on any atom is -0.396 e. The number of ether oxygens (including phenoxy) is 1. The summed E-state index contributed by atoms with van der Waals surface area (Å²) in [6.45, 7) is 0.449. The maximum atomic E-state index is 12.0. The number of aromatic amines is 1. The smallest absolute Gasteiger partial charge is 0.328 e. The van der Waals surface area contributed by atoms with Crippen molar-refractivity contribution in [3.63, 3.8) is 0 Å². The highest BCUT2D eigenvalue weighted by molar-refractivity contribution is 5.13. The van der Waals surface area contributed by atoms with E-state index in [9.17, 15) is 14.7 Å². The number of benzene rings is 1. The Labute approximate surface area is 133 Å². The Bertz CT molecular complexity index is 753. The van der Waals surface area contributed by atoms with Crippen molar-refractivity contribution < 1.29 is 9.84 Å². The van der Waals surface area contributed by atoms with Gasteiger partial charge in [-0.2, -0.15) is 0 Å². The minimum absolute atomic E-state index is 0.0115. The third-order valence-corrected chi connectivity index (χ3v) is 4.41. The maximum Gasteiger partial charge on any atom is 0.328 e. The predicted octanol–water partition coefficient (Wildman–Crippen LogP) is 1.07. The van der Waals surface area contributed by atoms with Gasteiger partial charge in [-0.3, -0.25) is 14.3 Å². The average Bonchev–Trinajstić information content (AvgIpc) is 2.96.